The second-order valence-electron chi connectivity index (χ2n) is 3.68. The maximum absolute atomic E-state index is 11.6. The Hall–Kier alpha value is -1.45. The molecule has 1 heterocycles. The summed E-state index contributed by atoms with van der Waals surface area (Å²) in [5, 5.41) is 0.969. The molecule has 88 valence electrons. The molecule has 0 bridgehead atoms. The topological polar surface area (TPSA) is 48.0 Å². The van der Waals surface area contributed by atoms with Gasteiger partial charge in [-0.2, -0.15) is 0 Å². The molecule has 0 amide bonds. The van der Waals surface area contributed by atoms with E-state index in [9.17, 15) is 4.79 Å². The van der Waals surface area contributed by atoms with Gasteiger partial charge in [0.05, 0.1) is 16.6 Å². The molecule has 0 aliphatic heterocycles. The molecule has 0 aliphatic rings. The van der Waals surface area contributed by atoms with E-state index in [1.54, 1.807) is 24.4 Å². The molecule has 1 aromatic heterocycles. The Balaban J connectivity index is 2.34. The Morgan fingerprint density at radius 3 is 2.59 bits per heavy atom. The Labute approximate surface area is 108 Å². The van der Waals surface area contributed by atoms with Crippen molar-refractivity contribution in [3.8, 4) is 0 Å². The fourth-order valence-corrected chi connectivity index (χ4v) is 1.83. The van der Waals surface area contributed by atoms with Crippen LogP contribution in [0.5, 0.6) is 0 Å². The van der Waals surface area contributed by atoms with Gasteiger partial charge in [-0.15, -0.1) is 0 Å². The van der Waals surface area contributed by atoms with Gasteiger partial charge in [-0.1, -0.05) is 29.3 Å². The second-order valence-corrected chi connectivity index (χ2v) is 4.49. The van der Waals surface area contributed by atoms with E-state index in [2.05, 4.69) is 0 Å². The molecule has 3 nitrogen and oxygen atoms in total. The van der Waals surface area contributed by atoms with E-state index in [0.717, 1.165) is 5.56 Å². The molecule has 0 aliphatic carbocycles. The number of pyridine rings is 1. The van der Waals surface area contributed by atoms with Crippen molar-refractivity contribution in [2.45, 2.75) is 6.54 Å². The van der Waals surface area contributed by atoms with E-state index in [-0.39, 0.29) is 5.56 Å². The zero-order valence-corrected chi connectivity index (χ0v) is 10.4. The van der Waals surface area contributed by atoms with Crippen LogP contribution in [0.4, 0.5) is 5.69 Å². The monoisotopic (exact) mass is 268 g/mol. The first-order chi connectivity index (χ1) is 8.06. The highest BCUT2D eigenvalue weighted by Crippen LogP contribution is 2.22. The van der Waals surface area contributed by atoms with E-state index < -0.39 is 0 Å². The third kappa shape index (κ3) is 2.81. The summed E-state index contributed by atoms with van der Waals surface area (Å²) in [5.74, 6) is 0. The molecule has 17 heavy (non-hydrogen) atoms. The lowest BCUT2D eigenvalue weighted by Crippen LogP contribution is -2.19. The Kier molecular flexibility index (Phi) is 3.41. The fourth-order valence-electron chi connectivity index (χ4n) is 1.51. The minimum atomic E-state index is -0.106. The van der Waals surface area contributed by atoms with E-state index in [4.69, 9.17) is 28.9 Å². The van der Waals surface area contributed by atoms with Crippen molar-refractivity contribution in [2.75, 3.05) is 5.73 Å². The molecule has 0 atom stereocenters. The van der Waals surface area contributed by atoms with Crippen LogP contribution in [0.3, 0.4) is 0 Å². The molecular weight excluding hydrogens is 259 g/mol. The molecule has 0 radical (unpaired) electrons. The maximum atomic E-state index is 11.6. The van der Waals surface area contributed by atoms with Crippen LogP contribution in [0.15, 0.2) is 41.3 Å². The van der Waals surface area contributed by atoms with Crippen LogP contribution < -0.4 is 11.3 Å². The van der Waals surface area contributed by atoms with Crippen molar-refractivity contribution in [3.63, 3.8) is 0 Å². The van der Waals surface area contributed by atoms with Gasteiger partial charge in [0.15, 0.2) is 0 Å². The van der Waals surface area contributed by atoms with E-state index in [1.807, 2.05) is 6.07 Å². The zero-order valence-electron chi connectivity index (χ0n) is 8.86. The lowest BCUT2D eigenvalue weighted by Gasteiger charge is -2.07. The SMILES string of the molecule is Nc1ccc(=O)n(Cc2ccc(Cl)c(Cl)c2)c1. The average Bonchev–Trinajstić information content (AvgIpc) is 2.29. The highest BCUT2D eigenvalue weighted by Gasteiger charge is 2.02. The van der Waals surface area contributed by atoms with Gasteiger partial charge in [-0.05, 0) is 23.8 Å². The lowest BCUT2D eigenvalue weighted by atomic mass is 10.2. The predicted molar refractivity (Wildman–Crippen MR) is 70.7 cm³/mol. The van der Waals surface area contributed by atoms with Gasteiger partial charge in [-0.3, -0.25) is 4.79 Å². The number of anilines is 1. The van der Waals surface area contributed by atoms with E-state index >= 15 is 0 Å². The van der Waals surface area contributed by atoms with Gasteiger partial charge in [0.2, 0.25) is 0 Å². The molecular formula is C12H10Cl2N2O. The fraction of sp³-hybridized carbons (Fsp3) is 0.0833. The molecule has 0 unspecified atom stereocenters. The molecule has 0 fully saturated rings. The Bertz CT molecular complexity index is 608. The summed E-state index contributed by atoms with van der Waals surface area (Å²) in [6, 6.07) is 8.28. The van der Waals surface area contributed by atoms with Crippen LogP contribution in [-0.2, 0) is 6.54 Å². The molecule has 5 heteroatoms. The van der Waals surface area contributed by atoms with Crippen molar-refractivity contribution in [2.24, 2.45) is 0 Å². The Morgan fingerprint density at radius 2 is 1.88 bits per heavy atom. The number of hydrogen-bond acceptors (Lipinski definition) is 2. The number of nitrogens with zero attached hydrogens (tertiary/aromatic N) is 1. The highest BCUT2D eigenvalue weighted by atomic mass is 35.5. The minimum Gasteiger partial charge on any atom is -0.398 e. The first kappa shape index (κ1) is 12.0. The van der Waals surface area contributed by atoms with E-state index in [0.29, 0.717) is 22.3 Å². The predicted octanol–water partition coefficient (Wildman–Crippen LogP) is 2.79. The third-order valence-electron chi connectivity index (χ3n) is 2.34. The number of halogens is 2. The molecule has 1 aromatic carbocycles. The summed E-state index contributed by atoms with van der Waals surface area (Å²) in [7, 11) is 0. The summed E-state index contributed by atoms with van der Waals surface area (Å²) >= 11 is 11.7. The van der Waals surface area contributed by atoms with Crippen LogP contribution in [0.25, 0.3) is 0 Å². The maximum Gasteiger partial charge on any atom is 0.250 e. The van der Waals surface area contributed by atoms with Gasteiger partial charge < -0.3 is 10.3 Å². The lowest BCUT2D eigenvalue weighted by molar-refractivity contribution is 0.761. The number of hydrogen-bond donors (Lipinski definition) is 1. The Morgan fingerprint density at radius 1 is 1.12 bits per heavy atom. The highest BCUT2D eigenvalue weighted by molar-refractivity contribution is 6.42. The van der Waals surface area contributed by atoms with Crippen molar-refractivity contribution in [1.29, 1.82) is 0 Å². The number of nitrogen functional groups attached to an aromatic ring is 1. The largest absolute Gasteiger partial charge is 0.398 e. The average molecular weight is 269 g/mol. The summed E-state index contributed by atoms with van der Waals surface area (Å²) in [5.41, 5.74) is 6.96. The molecule has 0 saturated carbocycles. The van der Waals surface area contributed by atoms with Crippen molar-refractivity contribution in [1.82, 2.24) is 4.57 Å². The first-order valence-electron chi connectivity index (χ1n) is 4.96. The van der Waals surface area contributed by atoms with Gasteiger partial charge in [0.25, 0.3) is 5.56 Å². The number of nitrogens with two attached hydrogens (primary N) is 1. The first-order valence-corrected chi connectivity index (χ1v) is 5.72. The second kappa shape index (κ2) is 4.82. The van der Waals surface area contributed by atoms with Crippen molar-refractivity contribution in [3.05, 3.63) is 62.5 Å². The normalized spacial score (nSPS) is 10.5. The van der Waals surface area contributed by atoms with Crippen LogP contribution in [-0.4, -0.2) is 4.57 Å². The standard InChI is InChI=1S/C12H10Cl2N2O/c13-10-3-1-8(5-11(10)14)6-16-7-9(15)2-4-12(16)17/h1-5,7H,6,15H2. The summed E-state index contributed by atoms with van der Waals surface area (Å²) in [6.07, 6.45) is 1.60. The molecule has 2 N–H and O–H groups in total. The zero-order chi connectivity index (χ0) is 12.4. The molecule has 2 rings (SSSR count). The summed E-state index contributed by atoms with van der Waals surface area (Å²) < 4.78 is 1.52. The van der Waals surface area contributed by atoms with Crippen LogP contribution >= 0.6 is 23.2 Å². The summed E-state index contributed by atoms with van der Waals surface area (Å²) in [6.45, 7) is 0.417. The van der Waals surface area contributed by atoms with Gasteiger partial charge >= 0.3 is 0 Å². The van der Waals surface area contributed by atoms with Crippen molar-refractivity contribution < 1.29 is 0 Å². The number of rotatable bonds is 2. The van der Waals surface area contributed by atoms with Gasteiger partial charge in [0.1, 0.15) is 0 Å². The molecule has 2 aromatic rings. The smallest absolute Gasteiger partial charge is 0.250 e. The molecule has 0 saturated heterocycles. The van der Waals surface area contributed by atoms with Crippen LogP contribution in [0.2, 0.25) is 10.0 Å². The van der Waals surface area contributed by atoms with E-state index in [1.165, 1.54) is 10.6 Å². The number of benzene rings is 1. The number of aromatic nitrogens is 1. The van der Waals surface area contributed by atoms with Crippen LogP contribution in [0, 0.1) is 0 Å². The quantitative estimate of drug-likeness (QED) is 0.911. The van der Waals surface area contributed by atoms with Crippen LogP contribution in [0.1, 0.15) is 5.56 Å². The molecule has 0 spiro atoms. The van der Waals surface area contributed by atoms with Crippen molar-refractivity contribution >= 4 is 28.9 Å². The third-order valence-corrected chi connectivity index (χ3v) is 3.08. The minimum absolute atomic E-state index is 0.106. The van der Waals surface area contributed by atoms with Gasteiger partial charge in [0, 0.05) is 18.0 Å². The summed E-state index contributed by atoms with van der Waals surface area (Å²) in [4.78, 5) is 11.6. The van der Waals surface area contributed by atoms with Gasteiger partial charge in [-0.25, -0.2) is 0 Å².